The maximum atomic E-state index is 15.5. The Morgan fingerprint density at radius 3 is 1.54 bits per heavy atom. The van der Waals surface area contributed by atoms with E-state index < -0.39 is 106 Å². The number of hydrogen-bond acceptors (Lipinski definition) is 27. The van der Waals surface area contributed by atoms with Crippen molar-refractivity contribution < 1.29 is 97.2 Å². The fourth-order valence-electron chi connectivity index (χ4n) is 8.27. The molecule has 0 amide bonds. The van der Waals surface area contributed by atoms with Crippen LogP contribution in [0.3, 0.4) is 0 Å². The summed E-state index contributed by atoms with van der Waals surface area (Å²) < 4.78 is 107. The summed E-state index contributed by atoms with van der Waals surface area (Å²) in [6.45, 7) is 10.8. The number of aliphatic hydroxyl groups is 3. The Kier molecular flexibility index (Phi) is 31.9. The molecule has 32 nitrogen and oxygen atoms in total. The zero-order chi connectivity index (χ0) is 69.6. The van der Waals surface area contributed by atoms with E-state index >= 15 is 4.39 Å². The Balaban J connectivity index is 0.000000370. The van der Waals surface area contributed by atoms with Crippen LogP contribution in [-0.2, 0) is 42.2 Å². The minimum atomic E-state index is -4.45. The monoisotopic (exact) mass is 1450 g/mol. The van der Waals surface area contributed by atoms with Crippen LogP contribution in [0.1, 0.15) is 71.8 Å². The van der Waals surface area contributed by atoms with Crippen LogP contribution in [0.25, 0.3) is 41.3 Å². The van der Waals surface area contributed by atoms with Gasteiger partial charge in [0.1, 0.15) is 78.0 Å². The van der Waals surface area contributed by atoms with Gasteiger partial charge >= 0.3 is 50.5 Å². The number of nitro benzene ring substituents is 1. The SMILES string of the molecule is CCOC(=O)[C@H](C)NP(=O)(OC[C@@]1(N=[N+]=[N-])O[C@@H](c2csc3c(N)ncnc23)[C@H](F)[C@@H]1O)Oc1ccccc1.CCOC(=O)[C@H](C)NP(=O)(Oc1ccccc1)Oc1ccc([N+](=O)[O-])cc1.C[C-](C)C.[2H]P.[Cl-].[Mg+2].[N-]=[N+]=N[C@]1(CO)O[C@@H](c2csc3c(N)ncnc23)[C@H](F)[C@@H]1O. The Hall–Kier alpha value is -6.81. The van der Waals surface area contributed by atoms with Crippen LogP contribution in [0.4, 0.5) is 26.1 Å². The number of nitrogens with one attached hydrogen (secondary N) is 2. The van der Waals surface area contributed by atoms with Crippen molar-refractivity contribution >= 4 is 121 Å². The molecule has 6 heterocycles. The first kappa shape index (κ1) is 80.6. The van der Waals surface area contributed by atoms with Crippen molar-refractivity contribution in [2.45, 2.75) is 109 Å². The molecule has 2 saturated heterocycles. The third kappa shape index (κ3) is 21.3. The number of nitro groups is 1. The fraction of sp³-hybridized carbons (Fsp3) is 0.389. The number of benzene rings is 3. The van der Waals surface area contributed by atoms with Crippen LogP contribution in [0, 0.1) is 16.0 Å². The fourth-order valence-corrected chi connectivity index (χ4v) is 13.2. The molecule has 9 N–H and O–H groups in total. The van der Waals surface area contributed by atoms with Gasteiger partial charge in [-0.3, -0.25) is 24.2 Å². The molecule has 2 aliphatic rings. The molecule has 510 valence electrons. The number of para-hydroxylation sites is 2. The number of nitrogens with two attached hydrogens (primary N) is 2. The molecule has 0 spiro atoms. The Morgan fingerprint density at radius 1 is 0.758 bits per heavy atom. The number of esters is 2. The van der Waals surface area contributed by atoms with E-state index in [0.29, 0.717) is 26.0 Å². The second kappa shape index (κ2) is 37.6. The van der Waals surface area contributed by atoms with E-state index in [1.807, 2.05) is 0 Å². The molecule has 0 aliphatic carbocycles. The number of ether oxygens (including phenoxy) is 4. The number of non-ortho nitro benzene ring substituents is 1. The smallest absolute Gasteiger partial charge is 1.00 e. The summed E-state index contributed by atoms with van der Waals surface area (Å²) in [5.41, 5.74) is 26.1. The number of nitrogens with zero attached hydrogens (tertiary/aromatic N) is 11. The molecular formula is C54H67ClF2MgN15O17P3S2. The number of carbonyl (C=O) groups excluding carboxylic acids is 2. The first-order chi connectivity index (χ1) is 44.7. The summed E-state index contributed by atoms with van der Waals surface area (Å²) in [7, 11) is -6.84. The van der Waals surface area contributed by atoms with Crippen LogP contribution in [-0.4, -0.2) is 151 Å². The first-order valence-electron chi connectivity index (χ1n) is 27.9. The zero-order valence-corrected chi connectivity index (χ0v) is 58.3. The minimum Gasteiger partial charge on any atom is -1.00 e. The second-order valence-electron chi connectivity index (χ2n) is 20.0. The van der Waals surface area contributed by atoms with Crippen LogP contribution < -0.4 is 47.6 Å². The molecule has 7 aromatic rings. The molecule has 2 fully saturated rings. The third-order valence-electron chi connectivity index (χ3n) is 12.5. The van der Waals surface area contributed by atoms with Crippen molar-refractivity contribution in [2.24, 2.45) is 10.2 Å². The first-order valence-corrected chi connectivity index (χ1v) is 32.2. The number of azide groups is 2. The van der Waals surface area contributed by atoms with Crippen molar-refractivity contribution in [3.63, 3.8) is 0 Å². The molecule has 2 aliphatic heterocycles. The van der Waals surface area contributed by atoms with Crippen LogP contribution in [0.2, 0.25) is 0 Å². The third-order valence-corrected chi connectivity index (χ3v) is 17.7. The summed E-state index contributed by atoms with van der Waals surface area (Å²) in [6, 6.07) is 19.0. The average molecular weight is 1450 g/mol. The van der Waals surface area contributed by atoms with Gasteiger partial charge in [0, 0.05) is 33.1 Å². The summed E-state index contributed by atoms with van der Waals surface area (Å²) in [4.78, 5) is 55.3. The van der Waals surface area contributed by atoms with E-state index in [4.69, 9.17) is 55.3 Å². The van der Waals surface area contributed by atoms with Gasteiger partial charge in [-0.1, -0.05) is 46.6 Å². The maximum absolute atomic E-state index is 15.5. The number of anilines is 2. The molecule has 0 saturated carbocycles. The molecule has 9 rings (SSSR count). The molecule has 0 bridgehead atoms. The average Bonchev–Trinajstić information content (AvgIpc) is 1.60. The Bertz CT molecular complexity index is 3860. The summed E-state index contributed by atoms with van der Waals surface area (Å²) in [5, 5.41) is 55.7. The molecule has 13 atom stereocenters. The van der Waals surface area contributed by atoms with Crippen molar-refractivity contribution in [1.29, 1.82) is 1.28 Å². The van der Waals surface area contributed by atoms with E-state index in [0.717, 1.165) is 11.3 Å². The summed E-state index contributed by atoms with van der Waals surface area (Å²) in [5.74, 6) is 0.915. The molecule has 3 aromatic carbocycles. The largest absolute Gasteiger partial charge is 2.00 e. The zero-order valence-electron chi connectivity index (χ0n) is 52.6. The van der Waals surface area contributed by atoms with Gasteiger partial charge in [-0.15, -0.1) is 22.7 Å². The van der Waals surface area contributed by atoms with Gasteiger partial charge in [0.05, 0.1) is 53.1 Å². The van der Waals surface area contributed by atoms with Gasteiger partial charge < -0.3 is 77.6 Å². The normalized spacial score (nSPS) is 21.9. The predicted octanol–water partition coefficient (Wildman–Crippen LogP) is 6.84. The van der Waals surface area contributed by atoms with Crippen LogP contribution in [0.15, 0.2) is 119 Å². The second-order valence-corrected chi connectivity index (χ2v) is 25.0. The van der Waals surface area contributed by atoms with Crippen molar-refractivity contribution in [2.75, 3.05) is 37.9 Å². The number of halogens is 3. The number of rotatable bonds is 23. The molecule has 41 heteroatoms. The number of aromatic nitrogens is 4. The van der Waals surface area contributed by atoms with Gasteiger partial charge in [-0.25, -0.2) is 37.8 Å². The molecule has 0 radical (unpaired) electrons. The molecular weight excluding hydrogens is 1390 g/mol. The number of fused-ring (bicyclic) bond motifs is 2. The van der Waals surface area contributed by atoms with E-state index in [2.05, 4.69) is 70.9 Å². The van der Waals surface area contributed by atoms with E-state index in [1.165, 1.54) is 80.2 Å². The van der Waals surface area contributed by atoms with Crippen LogP contribution >= 0.6 is 48.0 Å². The molecule has 4 aromatic heterocycles. The van der Waals surface area contributed by atoms with Gasteiger partial charge in [0.25, 0.3) is 5.69 Å². The summed E-state index contributed by atoms with van der Waals surface area (Å²) >= 11 is 2.35. The van der Waals surface area contributed by atoms with E-state index in [1.54, 1.807) is 83.0 Å². The number of aliphatic hydroxyl groups excluding tert-OH is 3. The number of hydrogen-bond donors (Lipinski definition) is 7. The van der Waals surface area contributed by atoms with Crippen molar-refractivity contribution in [3.05, 3.63) is 156 Å². The number of thiophene rings is 2. The number of nitrogen functional groups attached to an aromatic ring is 2. The van der Waals surface area contributed by atoms with Gasteiger partial charge in [-0.05, 0) is 85.9 Å². The van der Waals surface area contributed by atoms with Gasteiger partial charge in [0.15, 0.2) is 23.8 Å². The Morgan fingerprint density at radius 2 is 1.14 bits per heavy atom. The standard InChI is InChI=1S/C22H25FN7O7PS.C17H19N2O7P.C11H11FN6O3S.C4H9.ClH.Mg.H3P/c1-3-34-21(32)12(2)28-38(33,37-13-7-5-4-6-8-13)35-10-22(29-30-25)19(31)15(23)17(36-22)14-9-39-18-16(14)26-11-27-20(18)24;1-3-24-17(20)13(2)18-27(23,25-15-7-5-4-6-8-15)26-16-11-9-14(10-12-16)19(21)22;12-5-7(21-11(2-19,9(5)20)17-18-14)4-1-22-8-6(4)15-3-16-10(8)13;1-4(2)3;;;/h4-9,11-12,15,17,19,31H,3,10H2,1-2H3,(H,28,33)(H2,24,26,27);4-13H,3H2,1-2H3,(H,18,23);1,3,5,7,9,19-20H,2H2,(H2,13,15,16);1-3H3;1H;;1H3/q;;;-1;;+2;/p-1/t12-,15-,17-,19-,22+,38?;13-,27?;5-,7-,9-,11+;;;;/m000..../s1/i;;;;;;1D. The van der Waals surface area contributed by atoms with E-state index in [-0.39, 0.29) is 88.8 Å². The molecule has 3 unspecified atom stereocenters. The molecule has 95 heavy (non-hydrogen) atoms. The topological polar surface area (TPSA) is 471 Å². The van der Waals surface area contributed by atoms with E-state index in [9.17, 15) is 54.1 Å². The van der Waals surface area contributed by atoms with Gasteiger partial charge in [-0.2, -0.15) is 40.8 Å². The van der Waals surface area contributed by atoms with Crippen LogP contribution in [0.5, 0.6) is 17.2 Å². The van der Waals surface area contributed by atoms with Crippen molar-refractivity contribution in [1.82, 2.24) is 30.1 Å². The quantitative estimate of drug-likeness (QED) is 0.00396. The number of carbonyl (C=O) groups is 2. The van der Waals surface area contributed by atoms with Crippen molar-refractivity contribution in [3.8, 4) is 17.2 Å². The number of alkyl halides is 2. The Labute approximate surface area is 576 Å². The predicted molar refractivity (Wildman–Crippen MR) is 349 cm³/mol. The minimum absolute atomic E-state index is 0. The maximum Gasteiger partial charge on any atom is 2.00 e. The van der Waals surface area contributed by atoms with Gasteiger partial charge in [0.2, 0.25) is 0 Å². The summed E-state index contributed by atoms with van der Waals surface area (Å²) in [6.07, 6.45) is -8.09.